The van der Waals surface area contributed by atoms with Gasteiger partial charge in [-0.3, -0.25) is 4.98 Å². The molecule has 0 bridgehead atoms. The molecule has 0 atom stereocenters. The monoisotopic (exact) mass is 229 g/mol. The van der Waals surface area contributed by atoms with Crippen molar-refractivity contribution in [1.82, 2.24) is 9.97 Å². The summed E-state index contributed by atoms with van der Waals surface area (Å²) in [7, 11) is 0. The largest absolute Gasteiger partial charge is 0.476 e. The van der Waals surface area contributed by atoms with Crippen LogP contribution >= 0.6 is 0 Å². The van der Waals surface area contributed by atoms with E-state index in [4.69, 9.17) is 5.11 Å². The molecule has 5 heteroatoms. The third kappa shape index (κ3) is 2.78. The number of carboxylic acids is 1. The average molecular weight is 229 g/mol. The molecule has 1 aromatic heterocycles. The fourth-order valence-corrected chi connectivity index (χ4v) is 1.40. The van der Waals surface area contributed by atoms with Gasteiger partial charge in [0.15, 0.2) is 5.69 Å². The van der Waals surface area contributed by atoms with Gasteiger partial charge in [-0.2, -0.15) is 0 Å². The van der Waals surface area contributed by atoms with Gasteiger partial charge in [-0.15, -0.1) is 0 Å². The summed E-state index contributed by atoms with van der Waals surface area (Å²) in [5, 5.41) is 11.8. The minimum absolute atomic E-state index is 0.0809. The van der Waals surface area contributed by atoms with E-state index in [-0.39, 0.29) is 5.69 Å². The number of aromatic nitrogens is 2. The van der Waals surface area contributed by atoms with Gasteiger partial charge in [0.05, 0.1) is 12.4 Å². The van der Waals surface area contributed by atoms with E-state index in [0.29, 0.717) is 5.82 Å². The number of hydrogen-bond acceptors (Lipinski definition) is 4. The first kappa shape index (κ1) is 11.1. The summed E-state index contributed by atoms with van der Waals surface area (Å²) in [6.07, 6.45) is 2.69. The van der Waals surface area contributed by atoms with Crippen LogP contribution in [0, 0.1) is 6.92 Å². The maximum atomic E-state index is 10.7. The second kappa shape index (κ2) is 4.61. The van der Waals surface area contributed by atoms with Crippen LogP contribution in [0.2, 0.25) is 0 Å². The van der Waals surface area contributed by atoms with Crippen molar-refractivity contribution in [2.75, 3.05) is 5.32 Å². The lowest BCUT2D eigenvalue weighted by atomic mass is 10.2. The predicted molar refractivity (Wildman–Crippen MR) is 63.5 cm³/mol. The summed E-state index contributed by atoms with van der Waals surface area (Å²) >= 11 is 0. The SMILES string of the molecule is Cc1cccc(Nc2cncc(C(=O)O)n2)c1. The Kier molecular flexibility index (Phi) is 3.00. The quantitative estimate of drug-likeness (QED) is 0.844. The van der Waals surface area contributed by atoms with E-state index in [0.717, 1.165) is 11.3 Å². The van der Waals surface area contributed by atoms with Gasteiger partial charge in [0, 0.05) is 5.69 Å². The molecule has 1 aromatic carbocycles. The van der Waals surface area contributed by atoms with E-state index >= 15 is 0 Å². The van der Waals surface area contributed by atoms with Crippen molar-refractivity contribution in [3.8, 4) is 0 Å². The van der Waals surface area contributed by atoms with Crippen LogP contribution in [0.3, 0.4) is 0 Å². The molecule has 17 heavy (non-hydrogen) atoms. The van der Waals surface area contributed by atoms with E-state index in [9.17, 15) is 4.79 Å². The molecule has 0 fully saturated rings. The zero-order valence-electron chi connectivity index (χ0n) is 9.21. The van der Waals surface area contributed by atoms with Gasteiger partial charge in [0.25, 0.3) is 0 Å². The molecule has 0 saturated heterocycles. The summed E-state index contributed by atoms with van der Waals surface area (Å²) in [6, 6.07) is 7.70. The Hall–Kier alpha value is -2.43. The molecule has 0 unspecified atom stereocenters. The Morgan fingerprint density at radius 2 is 2.18 bits per heavy atom. The number of benzene rings is 1. The van der Waals surface area contributed by atoms with Crippen molar-refractivity contribution in [2.24, 2.45) is 0 Å². The molecule has 2 rings (SSSR count). The van der Waals surface area contributed by atoms with Crippen LogP contribution in [0.5, 0.6) is 0 Å². The summed E-state index contributed by atoms with van der Waals surface area (Å²) < 4.78 is 0. The highest BCUT2D eigenvalue weighted by Crippen LogP contribution is 2.15. The van der Waals surface area contributed by atoms with Crippen LogP contribution in [-0.2, 0) is 0 Å². The molecular weight excluding hydrogens is 218 g/mol. The Balaban J connectivity index is 2.24. The molecule has 0 aliphatic heterocycles. The molecule has 0 amide bonds. The fourth-order valence-electron chi connectivity index (χ4n) is 1.40. The molecule has 86 valence electrons. The summed E-state index contributed by atoms with van der Waals surface area (Å²) in [5.74, 6) is -0.680. The maximum Gasteiger partial charge on any atom is 0.356 e. The van der Waals surface area contributed by atoms with Crippen molar-refractivity contribution in [1.29, 1.82) is 0 Å². The highest BCUT2D eigenvalue weighted by Gasteiger charge is 2.06. The van der Waals surface area contributed by atoms with Gasteiger partial charge in [-0.1, -0.05) is 12.1 Å². The van der Waals surface area contributed by atoms with Gasteiger partial charge in [-0.05, 0) is 24.6 Å². The van der Waals surface area contributed by atoms with E-state index in [1.165, 1.54) is 12.4 Å². The highest BCUT2D eigenvalue weighted by molar-refractivity contribution is 5.85. The van der Waals surface area contributed by atoms with Crippen LogP contribution in [0.15, 0.2) is 36.7 Å². The van der Waals surface area contributed by atoms with Crippen molar-refractivity contribution in [3.05, 3.63) is 47.9 Å². The van der Waals surface area contributed by atoms with E-state index in [1.807, 2.05) is 31.2 Å². The Morgan fingerprint density at radius 3 is 2.88 bits per heavy atom. The molecule has 2 N–H and O–H groups in total. The minimum atomic E-state index is -1.09. The molecule has 0 aliphatic carbocycles. The number of carboxylic acid groups (broad SMARTS) is 1. The third-order valence-electron chi connectivity index (χ3n) is 2.14. The van der Waals surface area contributed by atoms with Gasteiger partial charge < -0.3 is 10.4 Å². The highest BCUT2D eigenvalue weighted by atomic mass is 16.4. The molecule has 1 heterocycles. The first-order valence-corrected chi connectivity index (χ1v) is 5.04. The van der Waals surface area contributed by atoms with E-state index < -0.39 is 5.97 Å². The number of nitrogens with zero attached hydrogens (tertiary/aromatic N) is 2. The van der Waals surface area contributed by atoms with Crippen LogP contribution in [-0.4, -0.2) is 21.0 Å². The van der Waals surface area contributed by atoms with Crippen molar-refractivity contribution >= 4 is 17.5 Å². The number of rotatable bonds is 3. The van der Waals surface area contributed by atoms with Crippen LogP contribution in [0.25, 0.3) is 0 Å². The first-order chi connectivity index (χ1) is 8.15. The molecule has 0 radical (unpaired) electrons. The summed E-state index contributed by atoms with van der Waals surface area (Å²) in [6.45, 7) is 1.98. The lowest BCUT2D eigenvalue weighted by molar-refractivity contribution is 0.0690. The Labute approximate surface area is 98.2 Å². The predicted octanol–water partition coefficient (Wildman–Crippen LogP) is 2.23. The van der Waals surface area contributed by atoms with Gasteiger partial charge in [0.1, 0.15) is 5.82 Å². The Bertz CT molecular complexity index is 555. The van der Waals surface area contributed by atoms with Crippen LogP contribution in [0.1, 0.15) is 16.1 Å². The zero-order chi connectivity index (χ0) is 12.3. The maximum absolute atomic E-state index is 10.7. The van der Waals surface area contributed by atoms with Gasteiger partial charge in [-0.25, -0.2) is 9.78 Å². The molecule has 2 aromatic rings. The third-order valence-corrected chi connectivity index (χ3v) is 2.14. The smallest absolute Gasteiger partial charge is 0.356 e. The number of hydrogen-bond donors (Lipinski definition) is 2. The second-order valence-electron chi connectivity index (χ2n) is 3.59. The normalized spacial score (nSPS) is 9.94. The number of aryl methyl sites for hydroxylation is 1. The fraction of sp³-hybridized carbons (Fsp3) is 0.0833. The van der Waals surface area contributed by atoms with Crippen molar-refractivity contribution in [3.63, 3.8) is 0 Å². The first-order valence-electron chi connectivity index (χ1n) is 5.04. The van der Waals surface area contributed by atoms with Crippen LogP contribution in [0.4, 0.5) is 11.5 Å². The van der Waals surface area contributed by atoms with E-state index in [1.54, 1.807) is 0 Å². The number of carbonyl (C=O) groups is 1. The van der Waals surface area contributed by atoms with Crippen molar-refractivity contribution < 1.29 is 9.90 Å². The summed E-state index contributed by atoms with van der Waals surface area (Å²) in [4.78, 5) is 18.5. The zero-order valence-corrected chi connectivity index (χ0v) is 9.21. The second-order valence-corrected chi connectivity index (χ2v) is 3.59. The van der Waals surface area contributed by atoms with Crippen molar-refractivity contribution in [2.45, 2.75) is 6.92 Å². The molecular formula is C12H11N3O2. The van der Waals surface area contributed by atoms with E-state index in [2.05, 4.69) is 15.3 Å². The molecule has 0 spiro atoms. The Morgan fingerprint density at radius 1 is 1.35 bits per heavy atom. The lowest BCUT2D eigenvalue weighted by Crippen LogP contribution is -2.03. The molecule has 0 saturated carbocycles. The number of aromatic carboxylic acids is 1. The van der Waals surface area contributed by atoms with Crippen LogP contribution < -0.4 is 5.32 Å². The summed E-state index contributed by atoms with van der Waals surface area (Å²) in [5.41, 5.74) is 1.88. The number of nitrogens with one attached hydrogen (secondary N) is 1. The molecule has 0 aliphatic rings. The molecule has 5 nitrogen and oxygen atoms in total. The average Bonchev–Trinajstić information content (AvgIpc) is 2.29. The topological polar surface area (TPSA) is 75.1 Å². The van der Waals surface area contributed by atoms with Gasteiger partial charge >= 0.3 is 5.97 Å². The number of anilines is 2. The lowest BCUT2D eigenvalue weighted by Gasteiger charge is -2.06. The minimum Gasteiger partial charge on any atom is -0.476 e. The standard InChI is InChI=1S/C12H11N3O2/c1-8-3-2-4-9(5-8)14-11-7-13-6-10(15-11)12(16)17/h2-7H,1H3,(H,14,15)(H,16,17). The van der Waals surface area contributed by atoms with Gasteiger partial charge in [0.2, 0.25) is 0 Å².